The third-order valence-corrected chi connectivity index (χ3v) is 3.76. The highest BCUT2D eigenvalue weighted by Gasteiger charge is 2.34. The maximum atomic E-state index is 11.9. The molecule has 0 atom stereocenters. The zero-order valence-corrected chi connectivity index (χ0v) is 15.0. The van der Waals surface area contributed by atoms with E-state index in [4.69, 9.17) is 4.74 Å². The van der Waals surface area contributed by atoms with E-state index in [0.29, 0.717) is 32.1 Å². The van der Waals surface area contributed by atoms with Crippen LogP contribution in [0, 0.1) is 5.92 Å². The largest absolute Gasteiger partial charge is 0.444 e. The molecule has 0 unspecified atom stereocenters. The molecule has 1 aliphatic carbocycles. The molecule has 136 valence electrons. The van der Waals surface area contributed by atoms with Crippen molar-refractivity contribution in [1.29, 1.82) is 0 Å². The fourth-order valence-electron chi connectivity index (χ4n) is 2.29. The number of amides is 2. The highest BCUT2D eigenvalue weighted by atomic mass is 16.6. The lowest BCUT2D eigenvalue weighted by Gasteiger charge is -2.40. The Morgan fingerprint density at radius 3 is 2.33 bits per heavy atom. The molecule has 0 aromatic carbocycles. The number of likely N-dealkylation sites (tertiary alicyclic amines) is 1. The van der Waals surface area contributed by atoms with Crippen molar-refractivity contribution >= 4 is 18.0 Å². The summed E-state index contributed by atoms with van der Waals surface area (Å²) < 4.78 is 5.32. The molecule has 24 heavy (non-hydrogen) atoms. The molecular formula is C16H29N5O3. The molecule has 2 fully saturated rings. The van der Waals surface area contributed by atoms with Crippen LogP contribution < -0.4 is 16.0 Å². The summed E-state index contributed by atoms with van der Waals surface area (Å²) in [5.41, 5.74) is -0.474. The summed E-state index contributed by atoms with van der Waals surface area (Å²) in [5, 5.41) is 9.30. The average molecular weight is 339 g/mol. The first-order chi connectivity index (χ1) is 11.3. The molecule has 1 saturated heterocycles. The van der Waals surface area contributed by atoms with Crippen molar-refractivity contribution in [3.8, 4) is 0 Å². The fraction of sp³-hybridized carbons (Fsp3) is 0.812. The molecule has 0 spiro atoms. The van der Waals surface area contributed by atoms with Gasteiger partial charge in [-0.25, -0.2) is 4.79 Å². The van der Waals surface area contributed by atoms with Crippen molar-refractivity contribution in [3.63, 3.8) is 0 Å². The Bertz CT molecular complexity index is 490. The number of carbonyl (C=O) groups is 2. The first-order valence-corrected chi connectivity index (χ1v) is 8.51. The maximum absolute atomic E-state index is 11.9. The highest BCUT2D eigenvalue weighted by molar-refractivity contribution is 5.82. The summed E-state index contributed by atoms with van der Waals surface area (Å²) >= 11 is 0. The minimum atomic E-state index is -0.474. The number of rotatable bonds is 5. The van der Waals surface area contributed by atoms with Gasteiger partial charge in [-0.05, 0) is 33.6 Å². The van der Waals surface area contributed by atoms with Crippen LogP contribution in [0.15, 0.2) is 4.99 Å². The lowest BCUT2D eigenvalue weighted by Crippen LogP contribution is -2.63. The molecule has 1 heterocycles. The third-order valence-electron chi connectivity index (χ3n) is 3.76. The number of guanidine groups is 1. The van der Waals surface area contributed by atoms with Crippen molar-refractivity contribution in [2.24, 2.45) is 10.9 Å². The summed E-state index contributed by atoms with van der Waals surface area (Å²) in [7, 11) is 1.70. The molecule has 0 aromatic heterocycles. The van der Waals surface area contributed by atoms with Crippen LogP contribution in [0.3, 0.4) is 0 Å². The van der Waals surface area contributed by atoms with Gasteiger partial charge in [-0.2, -0.15) is 0 Å². The van der Waals surface area contributed by atoms with Gasteiger partial charge in [0, 0.05) is 39.1 Å². The molecule has 0 aromatic rings. The topological polar surface area (TPSA) is 95.1 Å². The van der Waals surface area contributed by atoms with Crippen LogP contribution in [0.2, 0.25) is 0 Å². The number of ether oxygens (including phenoxy) is 1. The van der Waals surface area contributed by atoms with Crippen LogP contribution in [-0.4, -0.2) is 67.7 Å². The second-order valence-corrected chi connectivity index (χ2v) is 7.29. The summed E-state index contributed by atoms with van der Waals surface area (Å²) in [4.78, 5) is 29.2. The first kappa shape index (κ1) is 18.4. The molecule has 0 radical (unpaired) electrons. The van der Waals surface area contributed by atoms with Gasteiger partial charge in [0.05, 0.1) is 6.04 Å². The van der Waals surface area contributed by atoms with Crippen molar-refractivity contribution in [2.45, 2.75) is 45.3 Å². The smallest absolute Gasteiger partial charge is 0.410 e. The summed E-state index contributed by atoms with van der Waals surface area (Å²) in [6.45, 7) is 7.93. The molecule has 8 nitrogen and oxygen atoms in total. The van der Waals surface area contributed by atoms with Crippen molar-refractivity contribution in [2.75, 3.05) is 33.2 Å². The highest BCUT2D eigenvalue weighted by Crippen LogP contribution is 2.28. The lowest BCUT2D eigenvalue weighted by atomic mass is 10.1. The predicted octanol–water partition coefficient (Wildman–Crippen LogP) is 0.297. The quantitative estimate of drug-likeness (QED) is 0.380. The van der Waals surface area contributed by atoms with E-state index < -0.39 is 5.60 Å². The zero-order chi connectivity index (χ0) is 17.7. The number of hydrogen-bond acceptors (Lipinski definition) is 4. The average Bonchev–Trinajstić information content (AvgIpc) is 3.26. The van der Waals surface area contributed by atoms with Gasteiger partial charge in [-0.3, -0.25) is 9.79 Å². The molecule has 1 saturated carbocycles. The van der Waals surface area contributed by atoms with Crippen LogP contribution in [0.5, 0.6) is 0 Å². The Morgan fingerprint density at radius 2 is 1.79 bits per heavy atom. The second-order valence-electron chi connectivity index (χ2n) is 7.29. The number of hydrogen-bond donors (Lipinski definition) is 3. The van der Waals surface area contributed by atoms with E-state index in [1.807, 2.05) is 20.8 Å². The van der Waals surface area contributed by atoms with E-state index >= 15 is 0 Å². The first-order valence-electron chi connectivity index (χ1n) is 8.51. The molecular weight excluding hydrogens is 310 g/mol. The molecule has 8 heteroatoms. The number of nitrogens with zero attached hydrogens (tertiary/aromatic N) is 2. The SMILES string of the molecule is CN=C(NCCNC(=O)C1CC1)NC1CN(C(=O)OC(C)(C)C)C1. The van der Waals surface area contributed by atoms with Gasteiger partial charge in [0.15, 0.2) is 5.96 Å². The van der Waals surface area contributed by atoms with E-state index in [0.717, 1.165) is 12.8 Å². The van der Waals surface area contributed by atoms with Crippen LogP contribution >= 0.6 is 0 Å². The van der Waals surface area contributed by atoms with Gasteiger partial charge >= 0.3 is 6.09 Å². The fourth-order valence-corrected chi connectivity index (χ4v) is 2.29. The van der Waals surface area contributed by atoms with E-state index in [1.165, 1.54) is 0 Å². The van der Waals surface area contributed by atoms with E-state index in [2.05, 4.69) is 20.9 Å². The van der Waals surface area contributed by atoms with Crippen LogP contribution in [0.1, 0.15) is 33.6 Å². The van der Waals surface area contributed by atoms with E-state index in [9.17, 15) is 9.59 Å². The Hall–Kier alpha value is -1.99. The second kappa shape index (κ2) is 7.72. The van der Waals surface area contributed by atoms with E-state index in [-0.39, 0.29) is 24.0 Å². The van der Waals surface area contributed by atoms with Gasteiger partial charge < -0.3 is 25.6 Å². The lowest BCUT2D eigenvalue weighted by molar-refractivity contribution is -0.122. The number of aliphatic imine (C=N–C) groups is 1. The Labute approximate surface area is 143 Å². The minimum Gasteiger partial charge on any atom is -0.444 e. The van der Waals surface area contributed by atoms with Gasteiger partial charge in [0.2, 0.25) is 5.91 Å². The van der Waals surface area contributed by atoms with E-state index in [1.54, 1.807) is 11.9 Å². The Morgan fingerprint density at radius 1 is 1.17 bits per heavy atom. The van der Waals surface area contributed by atoms with Crippen molar-refractivity contribution in [1.82, 2.24) is 20.9 Å². The molecule has 3 N–H and O–H groups in total. The normalized spacial score (nSPS) is 18.7. The number of nitrogens with one attached hydrogen (secondary N) is 3. The van der Waals surface area contributed by atoms with Crippen LogP contribution in [0.4, 0.5) is 4.79 Å². The maximum Gasteiger partial charge on any atom is 0.410 e. The molecule has 1 aliphatic heterocycles. The van der Waals surface area contributed by atoms with Gasteiger partial charge in [-0.15, -0.1) is 0 Å². The standard InChI is InChI=1S/C16H29N5O3/c1-16(2,3)24-15(23)21-9-12(10-21)20-14(17-4)19-8-7-18-13(22)11-5-6-11/h11-12H,5-10H2,1-4H3,(H,18,22)(H2,17,19,20). The van der Waals surface area contributed by atoms with Gasteiger partial charge in [0.25, 0.3) is 0 Å². The molecule has 2 amide bonds. The minimum absolute atomic E-state index is 0.145. The molecule has 0 bridgehead atoms. The summed E-state index contributed by atoms with van der Waals surface area (Å²) in [6.07, 6.45) is 1.74. The monoisotopic (exact) mass is 339 g/mol. The summed E-state index contributed by atoms with van der Waals surface area (Å²) in [6, 6.07) is 0.157. The molecule has 2 aliphatic rings. The van der Waals surface area contributed by atoms with Crippen LogP contribution in [0.25, 0.3) is 0 Å². The number of carbonyl (C=O) groups excluding carboxylic acids is 2. The molecule has 2 rings (SSSR count). The van der Waals surface area contributed by atoms with Gasteiger partial charge in [-0.1, -0.05) is 0 Å². The zero-order valence-electron chi connectivity index (χ0n) is 15.0. The Balaban J connectivity index is 1.59. The van der Waals surface area contributed by atoms with Crippen LogP contribution in [-0.2, 0) is 9.53 Å². The van der Waals surface area contributed by atoms with Crippen molar-refractivity contribution < 1.29 is 14.3 Å². The summed E-state index contributed by atoms with van der Waals surface area (Å²) in [5.74, 6) is 1.05. The predicted molar refractivity (Wildman–Crippen MR) is 91.8 cm³/mol. The van der Waals surface area contributed by atoms with Crippen molar-refractivity contribution in [3.05, 3.63) is 0 Å². The third kappa shape index (κ3) is 5.90. The Kier molecular flexibility index (Phi) is 5.90. The van der Waals surface area contributed by atoms with Gasteiger partial charge in [0.1, 0.15) is 5.60 Å².